The number of rotatable bonds is 7. The fourth-order valence-electron chi connectivity index (χ4n) is 2.25. The van der Waals surface area contributed by atoms with Crippen LogP contribution in [-0.4, -0.2) is 24.2 Å². The van der Waals surface area contributed by atoms with Gasteiger partial charge in [-0.15, -0.1) is 11.8 Å². The molecule has 1 aromatic rings. The molecule has 4 heteroatoms. The Hall–Kier alpha value is -1.16. The Labute approximate surface area is 121 Å². The zero-order valence-corrected chi connectivity index (χ0v) is 13.2. The molecule has 1 atom stereocenters. The van der Waals surface area contributed by atoms with Gasteiger partial charge in [0, 0.05) is 23.2 Å². The van der Waals surface area contributed by atoms with Gasteiger partial charge in [-0.2, -0.15) is 0 Å². The van der Waals surface area contributed by atoms with Crippen LogP contribution in [0.3, 0.4) is 0 Å². The van der Waals surface area contributed by atoms with Gasteiger partial charge in [0.25, 0.3) is 0 Å². The molecule has 0 fully saturated rings. The third-order valence-electron chi connectivity index (χ3n) is 3.35. The van der Waals surface area contributed by atoms with Gasteiger partial charge in [-0.25, -0.2) is 0 Å². The summed E-state index contributed by atoms with van der Waals surface area (Å²) in [6.45, 7) is 9.59. The first-order valence-electron chi connectivity index (χ1n) is 6.93. The highest BCUT2D eigenvalue weighted by Gasteiger charge is 2.18. The van der Waals surface area contributed by atoms with Gasteiger partial charge >= 0.3 is 0 Å². The number of hydrogen-bond acceptors (Lipinski definition) is 3. The summed E-state index contributed by atoms with van der Waals surface area (Å²) in [5, 5.41) is 7.90. The van der Waals surface area contributed by atoms with Crippen molar-refractivity contribution in [2.24, 2.45) is 5.73 Å². The molecule has 3 N–H and O–H groups in total. The van der Waals surface area contributed by atoms with Crippen LogP contribution in [0.25, 0.3) is 0 Å². The lowest BCUT2D eigenvalue weighted by atomic mass is 10.1. The molecule has 0 aromatic heterocycles. The third kappa shape index (κ3) is 3.66. The highest BCUT2D eigenvalue weighted by atomic mass is 32.2. The monoisotopic (exact) mass is 279 g/mol. The molecule has 0 saturated carbocycles. The highest BCUT2D eigenvalue weighted by molar-refractivity contribution is 7.99. The van der Waals surface area contributed by atoms with Crippen molar-refractivity contribution in [1.82, 2.24) is 0 Å². The van der Waals surface area contributed by atoms with Crippen molar-refractivity contribution in [3.63, 3.8) is 0 Å². The van der Waals surface area contributed by atoms with E-state index in [1.807, 2.05) is 0 Å². The number of amidine groups is 1. The minimum Gasteiger partial charge on any atom is -0.384 e. The van der Waals surface area contributed by atoms with Crippen molar-refractivity contribution >= 4 is 23.3 Å². The smallest absolute Gasteiger partial charge is 0.126 e. The quantitative estimate of drug-likeness (QED) is 0.454. The maximum atomic E-state index is 7.90. The molecule has 0 amide bonds. The van der Waals surface area contributed by atoms with Crippen LogP contribution >= 0.6 is 11.8 Å². The van der Waals surface area contributed by atoms with Crippen LogP contribution in [0.15, 0.2) is 23.1 Å². The highest BCUT2D eigenvalue weighted by Crippen LogP contribution is 2.31. The molecule has 0 radical (unpaired) electrons. The molecule has 1 aromatic carbocycles. The fraction of sp³-hybridized carbons (Fsp3) is 0.533. The van der Waals surface area contributed by atoms with E-state index in [1.165, 1.54) is 0 Å². The van der Waals surface area contributed by atoms with Crippen LogP contribution in [0.1, 0.15) is 39.7 Å². The number of nitrogens with zero attached hydrogens (tertiary/aromatic N) is 1. The number of hydrogen-bond donors (Lipinski definition) is 2. The molecule has 106 valence electrons. The van der Waals surface area contributed by atoms with Crippen molar-refractivity contribution in [2.75, 3.05) is 17.2 Å². The Kier molecular flexibility index (Phi) is 6.22. The van der Waals surface area contributed by atoms with Crippen LogP contribution < -0.4 is 10.6 Å². The van der Waals surface area contributed by atoms with Crippen molar-refractivity contribution < 1.29 is 0 Å². The van der Waals surface area contributed by atoms with Crippen molar-refractivity contribution in [3.8, 4) is 0 Å². The number of benzene rings is 1. The number of thioether (sulfide) groups is 1. The van der Waals surface area contributed by atoms with E-state index in [-0.39, 0.29) is 5.84 Å². The molecule has 1 unspecified atom stereocenters. The van der Waals surface area contributed by atoms with Crippen LogP contribution in [0.4, 0.5) is 5.69 Å². The van der Waals surface area contributed by atoms with E-state index < -0.39 is 0 Å². The minimum absolute atomic E-state index is 0.160. The molecular weight excluding hydrogens is 254 g/mol. The molecular formula is C15H25N3S. The molecule has 1 rings (SSSR count). The largest absolute Gasteiger partial charge is 0.384 e. The van der Waals surface area contributed by atoms with E-state index in [0.29, 0.717) is 6.04 Å². The maximum absolute atomic E-state index is 7.90. The average molecular weight is 279 g/mol. The summed E-state index contributed by atoms with van der Waals surface area (Å²) in [6.07, 6.45) is 1.08. The normalized spacial score (nSPS) is 12.2. The standard InChI is InChI=1S/C15H25N3S/c1-5-11(4)18(6-2)12-9-8-10-13(19-7-3)14(12)15(16)17/h8-11H,5-7H2,1-4H3,(H3,16,17). The molecule has 0 spiro atoms. The molecule has 0 aliphatic carbocycles. The Bertz CT molecular complexity index is 431. The number of anilines is 1. The van der Waals surface area contributed by atoms with Gasteiger partial charge in [0.2, 0.25) is 0 Å². The Morgan fingerprint density at radius 3 is 2.53 bits per heavy atom. The van der Waals surface area contributed by atoms with Gasteiger partial charge in [-0.3, -0.25) is 5.41 Å². The van der Waals surface area contributed by atoms with Gasteiger partial charge < -0.3 is 10.6 Å². The van der Waals surface area contributed by atoms with E-state index in [2.05, 4.69) is 50.8 Å². The summed E-state index contributed by atoms with van der Waals surface area (Å²) >= 11 is 1.74. The molecule has 19 heavy (non-hydrogen) atoms. The fourth-order valence-corrected chi connectivity index (χ4v) is 3.09. The summed E-state index contributed by atoms with van der Waals surface area (Å²) < 4.78 is 0. The first kappa shape index (κ1) is 15.9. The van der Waals surface area contributed by atoms with Crippen molar-refractivity contribution in [1.29, 1.82) is 5.41 Å². The minimum atomic E-state index is 0.160. The topological polar surface area (TPSA) is 53.1 Å². The molecule has 3 nitrogen and oxygen atoms in total. The molecule has 0 bridgehead atoms. The summed E-state index contributed by atoms with van der Waals surface area (Å²) in [4.78, 5) is 3.44. The summed E-state index contributed by atoms with van der Waals surface area (Å²) in [7, 11) is 0. The molecule has 0 heterocycles. The third-order valence-corrected chi connectivity index (χ3v) is 4.29. The van der Waals surface area contributed by atoms with Crippen molar-refractivity contribution in [2.45, 2.75) is 45.1 Å². The lowest BCUT2D eigenvalue weighted by Gasteiger charge is -2.32. The van der Waals surface area contributed by atoms with Crippen LogP contribution in [0.2, 0.25) is 0 Å². The van der Waals surface area contributed by atoms with Crippen LogP contribution in [-0.2, 0) is 0 Å². The molecule has 0 saturated heterocycles. The lowest BCUT2D eigenvalue weighted by Crippen LogP contribution is -2.34. The zero-order chi connectivity index (χ0) is 14.4. The number of nitrogens with two attached hydrogens (primary N) is 1. The summed E-state index contributed by atoms with van der Waals surface area (Å²) in [5.41, 5.74) is 7.79. The number of nitrogen functional groups attached to an aromatic ring is 1. The van der Waals surface area contributed by atoms with Crippen LogP contribution in [0.5, 0.6) is 0 Å². The first-order valence-corrected chi connectivity index (χ1v) is 7.92. The van der Waals surface area contributed by atoms with E-state index >= 15 is 0 Å². The van der Waals surface area contributed by atoms with Gasteiger partial charge in [-0.1, -0.05) is 19.9 Å². The lowest BCUT2D eigenvalue weighted by molar-refractivity contribution is 0.629. The predicted octanol–water partition coefficient (Wildman–Crippen LogP) is 3.71. The van der Waals surface area contributed by atoms with Gasteiger partial charge in [-0.05, 0) is 38.2 Å². The van der Waals surface area contributed by atoms with E-state index in [0.717, 1.165) is 34.9 Å². The molecule has 0 aliphatic heterocycles. The SMILES string of the molecule is CCSc1cccc(N(CC)C(C)CC)c1C(=N)N. The van der Waals surface area contributed by atoms with Gasteiger partial charge in [0.15, 0.2) is 0 Å². The second-order valence-corrected chi connectivity index (χ2v) is 5.85. The van der Waals surface area contributed by atoms with Gasteiger partial charge in [0.1, 0.15) is 5.84 Å². The molecule has 0 aliphatic rings. The summed E-state index contributed by atoms with van der Waals surface area (Å²) in [6, 6.07) is 6.64. The second kappa shape index (κ2) is 7.43. The van der Waals surface area contributed by atoms with E-state index in [9.17, 15) is 0 Å². The maximum Gasteiger partial charge on any atom is 0.126 e. The van der Waals surface area contributed by atoms with E-state index in [1.54, 1.807) is 11.8 Å². The zero-order valence-electron chi connectivity index (χ0n) is 12.4. The first-order chi connectivity index (χ1) is 9.06. The van der Waals surface area contributed by atoms with Crippen molar-refractivity contribution in [3.05, 3.63) is 23.8 Å². The average Bonchev–Trinajstić information content (AvgIpc) is 2.39. The van der Waals surface area contributed by atoms with Crippen LogP contribution in [0, 0.1) is 5.41 Å². The number of nitrogens with one attached hydrogen (secondary N) is 1. The van der Waals surface area contributed by atoms with Gasteiger partial charge in [0.05, 0.1) is 5.56 Å². The predicted molar refractivity (Wildman–Crippen MR) is 86.6 cm³/mol. The Morgan fingerprint density at radius 2 is 2.05 bits per heavy atom. The second-order valence-electron chi connectivity index (χ2n) is 4.54. The van der Waals surface area contributed by atoms with E-state index in [4.69, 9.17) is 11.1 Å². The Morgan fingerprint density at radius 1 is 1.37 bits per heavy atom. The summed E-state index contributed by atoms with van der Waals surface area (Å²) in [5.74, 6) is 1.15. The Balaban J connectivity index is 3.32.